The summed E-state index contributed by atoms with van der Waals surface area (Å²) in [6.45, 7) is 10.8. The van der Waals surface area contributed by atoms with E-state index < -0.39 is 5.60 Å². The van der Waals surface area contributed by atoms with Gasteiger partial charge in [-0.15, -0.1) is 0 Å². The molecule has 1 amide bonds. The summed E-state index contributed by atoms with van der Waals surface area (Å²) in [6.07, 6.45) is 7.70. The number of hydrogen-bond donors (Lipinski definition) is 1. The number of likely N-dealkylation sites (tertiary alicyclic amines) is 1. The first-order chi connectivity index (χ1) is 10.3. The topological polar surface area (TPSA) is 41.6 Å². The van der Waals surface area contributed by atoms with E-state index in [0.717, 1.165) is 32.0 Å². The molecule has 0 radical (unpaired) electrons. The number of rotatable bonds is 6. The van der Waals surface area contributed by atoms with E-state index in [1.54, 1.807) is 0 Å². The van der Waals surface area contributed by atoms with Crippen LogP contribution in [0.2, 0.25) is 0 Å². The summed E-state index contributed by atoms with van der Waals surface area (Å²) in [6, 6.07) is 0.476. The van der Waals surface area contributed by atoms with Crippen LogP contribution in [0.15, 0.2) is 0 Å². The largest absolute Gasteiger partial charge is 0.444 e. The van der Waals surface area contributed by atoms with Crippen LogP contribution in [0, 0.1) is 11.8 Å². The van der Waals surface area contributed by atoms with Crippen LogP contribution < -0.4 is 5.32 Å². The van der Waals surface area contributed by atoms with E-state index in [2.05, 4.69) is 12.2 Å². The van der Waals surface area contributed by atoms with Gasteiger partial charge in [0.05, 0.1) is 0 Å². The van der Waals surface area contributed by atoms with Crippen molar-refractivity contribution in [1.82, 2.24) is 10.2 Å². The molecule has 0 bridgehead atoms. The molecule has 0 spiro atoms. The van der Waals surface area contributed by atoms with Crippen molar-refractivity contribution in [3.8, 4) is 0 Å². The Balaban J connectivity index is 1.70. The summed E-state index contributed by atoms with van der Waals surface area (Å²) in [5.41, 5.74) is -0.406. The fraction of sp³-hybridized carbons (Fsp3) is 0.944. The van der Waals surface area contributed by atoms with Gasteiger partial charge in [-0.3, -0.25) is 0 Å². The lowest BCUT2D eigenvalue weighted by molar-refractivity contribution is 0.0148. The quantitative estimate of drug-likeness (QED) is 0.759. The molecule has 2 unspecified atom stereocenters. The Bertz CT molecular complexity index is 361. The molecule has 2 atom stereocenters. The van der Waals surface area contributed by atoms with Gasteiger partial charge >= 0.3 is 6.09 Å². The van der Waals surface area contributed by atoms with Gasteiger partial charge in [0, 0.05) is 19.1 Å². The van der Waals surface area contributed by atoms with E-state index in [0.29, 0.717) is 12.0 Å². The second kappa shape index (κ2) is 7.67. The lowest BCUT2D eigenvalue weighted by Gasteiger charge is -2.36. The van der Waals surface area contributed by atoms with Crippen LogP contribution in [-0.4, -0.2) is 42.3 Å². The first-order valence-electron chi connectivity index (χ1n) is 9.06. The molecule has 0 aromatic carbocycles. The second-order valence-corrected chi connectivity index (χ2v) is 8.16. The molecule has 1 aliphatic carbocycles. The molecular formula is C18H34N2O2. The SMILES string of the molecule is CC(NCCCC1CC1)C1CCCN(C(=O)OC(C)(C)C)C1. The number of nitrogens with zero attached hydrogens (tertiary/aromatic N) is 1. The summed E-state index contributed by atoms with van der Waals surface area (Å²) in [4.78, 5) is 14.1. The maximum Gasteiger partial charge on any atom is 0.410 e. The van der Waals surface area contributed by atoms with Gasteiger partial charge in [-0.05, 0) is 71.8 Å². The van der Waals surface area contributed by atoms with Gasteiger partial charge in [0.1, 0.15) is 5.60 Å². The first kappa shape index (κ1) is 17.6. The minimum Gasteiger partial charge on any atom is -0.444 e. The third kappa shape index (κ3) is 6.15. The minimum atomic E-state index is -0.406. The Morgan fingerprint density at radius 3 is 2.68 bits per heavy atom. The van der Waals surface area contributed by atoms with Crippen LogP contribution >= 0.6 is 0 Å². The van der Waals surface area contributed by atoms with E-state index in [4.69, 9.17) is 4.74 Å². The summed E-state index contributed by atoms with van der Waals surface area (Å²) >= 11 is 0. The van der Waals surface area contributed by atoms with Crippen molar-refractivity contribution in [2.75, 3.05) is 19.6 Å². The fourth-order valence-corrected chi connectivity index (χ4v) is 3.20. The van der Waals surface area contributed by atoms with Crippen LogP contribution in [0.3, 0.4) is 0 Å². The molecule has 128 valence electrons. The van der Waals surface area contributed by atoms with E-state index in [1.807, 2.05) is 25.7 Å². The van der Waals surface area contributed by atoms with E-state index in [9.17, 15) is 4.79 Å². The fourth-order valence-electron chi connectivity index (χ4n) is 3.20. The Hall–Kier alpha value is -0.770. The number of carbonyl (C=O) groups is 1. The highest BCUT2D eigenvalue weighted by Gasteiger charge is 2.30. The molecule has 1 saturated carbocycles. The van der Waals surface area contributed by atoms with E-state index >= 15 is 0 Å². The number of nitrogens with one attached hydrogen (secondary N) is 1. The number of hydrogen-bond acceptors (Lipinski definition) is 3. The highest BCUT2D eigenvalue weighted by molar-refractivity contribution is 5.68. The van der Waals surface area contributed by atoms with Crippen LogP contribution in [0.1, 0.15) is 66.2 Å². The molecule has 0 aromatic rings. The molecular weight excluding hydrogens is 276 g/mol. The first-order valence-corrected chi connectivity index (χ1v) is 9.06. The zero-order chi connectivity index (χ0) is 16.2. The molecule has 1 aliphatic heterocycles. The predicted octanol–water partition coefficient (Wildman–Crippen LogP) is 3.80. The Morgan fingerprint density at radius 2 is 2.05 bits per heavy atom. The summed E-state index contributed by atoms with van der Waals surface area (Å²) in [5, 5.41) is 3.66. The van der Waals surface area contributed by atoms with Crippen molar-refractivity contribution in [1.29, 1.82) is 0 Å². The summed E-state index contributed by atoms with van der Waals surface area (Å²) in [5.74, 6) is 1.57. The van der Waals surface area contributed by atoms with Crippen LogP contribution in [0.25, 0.3) is 0 Å². The molecule has 1 saturated heterocycles. The molecule has 22 heavy (non-hydrogen) atoms. The molecule has 2 rings (SSSR count). The van der Waals surface area contributed by atoms with Crippen molar-refractivity contribution in [3.63, 3.8) is 0 Å². The molecule has 1 heterocycles. The number of piperidine rings is 1. The highest BCUT2D eigenvalue weighted by atomic mass is 16.6. The van der Waals surface area contributed by atoms with Crippen molar-refractivity contribution >= 4 is 6.09 Å². The average molecular weight is 310 g/mol. The van der Waals surface area contributed by atoms with Crippen LogP contribution in [0.5, 0.6) is 0 Å². The van der Waals surface area contributed by atoms with Gasteiger partial charge in [-0.2, -0.15) is 0 Å². The molecule has 0 aromatic heterocycles. The van der Waals surface area contributed by atoms with E-state index in [1.165, 1.54) is 32.1 Å². The van der Waals surface area contributed by atoms with Crippen molar-refractivity contribution in [2.45, 2.75) is 77.9 Å². The van der Waals surface area contributed by atoms with Gasteiger partial charge in [-0.25, -0.2) is 4.79 Å². The smallest absolute Gasteiger partial charge is 0.410 e. The minimum absolute atomic E-state index is 0.155. The summed E-state index contributed by atoms with van der Waals surface area (Å²) < 4.78 is 5.50. The maximum absolute atomic E-state index is 12.2. The zero-order valence-corrected chi connectivity index (χ0v) is 14.9. The number of carbonyl (C=O) groups excluding carboxylic acids is 1. The van der Waals surface area contributed by atoms with Gasteiger partial charge in [0.15, 0.2) is 0 Å². The van der Waals surface area contributed by atoms with Gasteiger partial charge in [0.25, 0.3) is 0 Å². The van der Waals surface area contributed by atoms with Gasteiger partial charge in [-0.1, -0.05) is 12.8 Å². The lowest BCUT2D eigenvalue weighted by atomic mass is 9.91. The van der Waals surface area contributed by atoms with Crippen molar-refractivity contribution in [2.24, 2.45) is 11.8 Å². The Labute approximate surface area is 136 Å². The van der Waals surface area contributed by atoms with Gasteiger partial charge in [0.2, 0.25) is 0 Å². The normalized spacial score (nSPS) is 24.2. The summed E-state index contributed by atoms with van der Waals surface area (Å²) in [7, 11) is 0. The third-order valence-corrected chi connectivity index (χ3v) is 4.77. The molecule has 2 fully saturated rings. The van der Waals surface area contributed by atoms with Crippen LogP contribution in [-0.2, 0) is 4.74 Å². The van der Waals surface area contributed by atoms with Crippen molar-refractivity contribution in [3.05, 3.63) is 0 Å². The monoisotopic (exact) mass is 310 g/mol. The zero-order valence-electron chi connectivity index (χ0n) is 14.9. The standard InChI is InChI=1S/C18H34N2O2/c1-14(19-11-5-7-15-9-10-15)16-8-6-12-20(13-16)17(21)22-18(2,3)4/h14-16,19H,5-13H2,1-4H3. The third-order valence-electron chi connectivity index (χ3n) is 4.77. The predicted molar refractivity (Wildman–Crippen MR) is 90.0 cm³/mol. The maximum atomic E-state index is 12.2. The Kier molecular flexibility index (Phi) is 6.13. The Morgan fingerprint density at radius 1 is 1.32 bits per heavy atom. The molecule has 4 heteroatoms. The molecule has 4 nitrogen and oxygen atoms in total. The number of ether oxygens (including phenoxy) is 1. The lowest BCUT2D eigenvalue weighted by Crippen LogP contribution is -2.48. The van der Waals surface area contributed by atoms with E-state index in [-0.39, 0.29) is 6.09 Å². The van der Waals surface area contributed by atoms with Crippen molar-refractivity contribution < 1.29 is 9.53 Å². The number of amides is 1. The van der Waals surface area contributed by atoms with Gasteiger partial charge < -0.3 is 15.0 Å². The molecule has 2 aliphatic rings. The average Bonchev–Trinajstić information content (AvgIpc) is 3.26. The second-order valence-electron chi connectivity index (χ2n) is 8.16. The molecule has 1 N–H and O–H groups in total. The van der Waals surface area contributed by atoms with Crippen LogP contribution in [0.4, 0.5) is 4.79 Å². The highest BCUT2D eigenvalue weighted by Crippen LogP contribution is 2.33.